The molecule has 0 amide bonds. The summed E-state index contributed by atoms with van der Waals surface area (Å²) in [6, 6.07) is 5.80. The summed E-state index contributed by atoms with van der Waals surface area (Å²) in [6.07, 6.45) is 1.93. The Kier molecular flexibility index (Phi) is 1.54. The van der Waals surface area contributed by atoms with Gasteiger partial charge in [-0.1, -0.05) is 6.07 Å². The molecule has 0 radical (unpaired) electrons. The summed E-state index contributed by atoms with van der Waals surface area (Å²) >= 11 is 4.13. The summed E-state index contributed by atoms with van der Waals surface area (Å²) < 4.78 is 1.92. The molecule has 11 heavy (non-hydrogen) atoms. The fourth-order valence-corrected chi connectivity index (χ4v) is 1.21. The van der Waals surface area contributed by atoms with Crippen molar-refractivity contribution in [1.29, 1.82) is 0 Å². The zero-order chi connectivity index (χ0) is 7.68. The number of aromatic nitrogens is 3. The zero-order valence-electron chi connectivity index (χ0n) is 5.81. The summed E-state index contributed by atoms with van der Waals surface area (Å²) in [5.41, 5.74) is 0.872. The Hall–Kier alpha value is -1.03. The van der Waals surface area contributed by atoms with E-state index >= 15 is 0 Å². The number of nitrogens with zero attached hydrogens (tertiary/aromatic N) is 3. The van der Waals surface area contributed by atoms with Crippen LogP contribution in [0.1, 0.15) is 5.82 Å². The molecule has 2 rings (SSSR count). The highest BCUT2D eigenvalue weighted by atomic mass is 32.1. The Bertz CT molecular complexity index is 368. The molecule has 4 heteroatoms. The molecular formula is C7H7N3S. The lowest BCUT2D eigenvalue weighted by Gasteiger charge is -1.92. The summed E-state index contributed by atoms with van der Waals surface area (Å²) in [5.74, 6) is 1.49. The highest BCUT2D eigenvalue weighted by Crippen LogP contribution is 2.03. The van der Waals surface area contributed by atoms with Gasteiger partial charge >= 0.3 is 0 Å². The normalized spacial score (nSPS) is 10.6. The van der Waals surface area contributed by atoms with Crippen LogP contribution in [0, 0.1) is 0 Å². The minimum absolute atomic E-state index is 0.616. The minimum Gasteiger partial charge on any atom is -0.286 e. The second-order valence-electron chi connectivity index (χ2n) is 2.20. The van der Waals surface area contributed by atoms with Gasteiger partial charge in [0, 0.05) is 6.20 Å². The fraction of sp³-hybridized carbons (Fsp3) is 0.143. The highest BCUT2D eigenvalue weighted by molar-refractivity contribution is 7.79. The zero-order valence-corrected chi connectivity index (χ0v) is 6.70. The molecule has 0 aliphatic carbocycles. The van der Waals surface area contributed by atoms with E-state index in [4.69, 9.17) is 0 Å². The molecule has 2 aromatic heterocycles. The number of hydrogen-bond donors (Lipinski definition) is 1. The van der Waals surface area contributed by atoms with Gasteiger partial charge in [0.2, 0.25) is 0 Å². The van der Waals surface area contributed by atoms with E-state index in [0.29, 0.717) is 5.75 Å². The van der Waals surface area contributed by atoms with E-state index in [0.717, 1.165) is 11.5 Å². The predicted molar refractivity (Wildman–Crippen MR) is 45.7 cm³/mol. The van der Waals surface area contributed by atoms with E-state index in [1.807, 2.05) is 28.8 Å². The largest absolute Gasteiger partial charge is 0.286 e. The van der Waals surface area contributed by atoms with E-state index < -0.39 is 0 Å². The minimum atomic E-state index is 0.616. The van der Waals surface area contributed by atoms with Crippen LogP contribution < -0.4 is 0 Å². The Morgan fingerprint density at radius 2 is 2.27 bits per heavy atom. The van der Waals surface area contributed by atoms with Crippen LogP contribution >= 0.6 is 12.6 Å². The number of hydrogen-bond acceptors (Lipinski definition) is 3. The third-order valence-corrected chi connectivity index (χ3v) is 1.81. The average molecular weight is 165 g/mol. The first-order chi connectivity index (χ1) is 5.42. The van der Waals surface area contributed by atoms with Crippen molar-refractivity contribution in [2.24, 2.45) is 0 Å². The second kappa shape index (κ2) is 2.54. The van der Waals surface area contributed by atoms with Gasteiger partial charge in [-0.3, -0.25) is 4.40 Å². The number of rotatable bonds is 1. The standard InChI is InChI=1S/C7H7N3S/c11-5-7-9-8-6-3-1-2-4-10(6)7/h1-4,11H,5H2. The van der Waals surface area contributed by atoms with Crippen LogP contribution in [0.3, 0.4) is 0 Å². The molecule has 0 N–H and O–H groups in total. The van der Waals surface area contributed by atoms with Gasteiger partial charge < -0.3 is 0 Å². The monoisotopic (exact) mass is 165 g/mol. The van der Waals surface area contributed by atoms with Gasteiger partial charge in [-0.15, -0.1) is 10.2 Å². The lowest BCUT2D eigenvalue weighted by molar-refractivity contribution is 0.993. The van der Waals surface area contributed by atoms with Crippen molar-refractivity contribution in [3.05, 3.63) is 30.2 Å². The van der Waals surface area contributed by atoms with Gasteiger partial charge in [0.25, 0.3) is 0 Å². The predicted octanol–water partition coefficient (Wildman–Crippen LogP) is 1.16. The molecular weight excluding hydrogens is 158 g/mol. The van der Waals surface area contributed by atoms with Crippen molar-refractivity contribution in [3.63, 3.8) is 0 Å². The van der Waals surface area contributed by atoms with E-state index in [1.165, 1.54) is 0 Å². The number of fused-ring (bicyclic) bond motifs is 1. The van der Waals surface area contributed by atoms with Crippen LogP contribution in [0.2, 0.25) is 0 Å². The van der Waals surface area contributed by atoms with Crippen molar-refractivity contribution in [3.8, 4) is 0 Å². The molecule has 0 aliphatic rings. The van der Waals surface area contributed by atoms with Gasteiger partial charge in [0.1, 0.15) is 5.82 Å². The van der Waals surface area contributed by atoms with Crippen LogP contribution in [-0.2, 0) is 5.75 Å². The lowest BCUT2D eigenvalue weighted by atomic mass is 10.5. The van der Waals surface area contributed by atoms with E-state index in [2.05, 4.69) is 22.8 Å². The molecule has 0 unspecified atom stereocenters. The third-order valence-electron chi connectivity index (χ3n) is 1.53. The van der Waals surface area contributed by atoms with Crippen LogP contribution in [0.4, 0.5) is 0 Å². The van der Waals surface area contributed by atoms with Crippen LogP contribution in [-0.4, -0.2) is 14.6 Å². The molecule has 56 valence electrons. The van der Waals surface area contributed by atoms with Crippen molar-refractivity contribution in [2.45, 2.75) is 5.75 Å². The average Bonchev–Trinajstić information content (AvgIpc) is 2.47. The smallest absolute Gasteiger partial charge is 0.160 e. The third kappa shape index (κ3) is 0.991. The molecule has 0 spiro atoms. The summed E-state index contributed by atoms with van der Waals surface area (Å²) in [7, 11) is 0. The van der Waals surface area contributed by atoms with Gasteiger partial charge in [-0.2, -0.15) is 12.6 Å². The van der Waals surface area contributed by atoms with Crippen molar-refractivity contribution in [2.75, 3.05) is 0 Å². The molecule has 2 aromatic rings. The Balaban J connectivity index is 2.76. The second-order valence-corrected chi connectivity index (χ2v) is 2.52. The van der Waals surface area contributed by atoms with Crippen molar-refractivity contribution in [1.82, 2.24) is 14.6 Å². The molecule has 0 saturated carbocycles. The summed E-state index contributed by atoms with van der Waals surface area (Å²) in [5, 5.41) is 7.90. The van der Waals surface area contributed by atoms with Crippen LogP contribution in [0.5, 0.6) is 0 Å². The van der Waals surface area contributed by atoms with E-state index in [9.17, 15) is 0 Å². The Morgan fingerprint density at radius 3 is 3.09 bits per heavy atom. The van der Waals surface area contributed by atoms with Gasteiger partial charge in [0.15, 0.2) is 5.65 Å². The topological polar surface area (TPSA) is 30.2 Å². The van der Waals surface area contributed by atoms with Crippen LogP contribution in [0.25, 0.3) is 5.65 Å². The number of pyridine rings is 1. The van der Waals surface area contributed by atoms with Gasteiger partial charge in [0.05, 0.1) is 5.75 Å². The highest BCUT2D eigenvalue weighted by Gasteiger charge is 1.99. The molecule has 3 nitrogen and oxygen atoms in total. The quantitative estimate of drug-likeness (QED) is 0.643. The molecule has 0 fully saturated rings. The molecule has 0 bridgehead atoms. The first-order valence-corrected chi connectivity index (χ1v) is 3.94. The SMILES string of the molecule is SCc1nnc2ccccn12. The van der Waals surface area contributed by atoms with E-state index in [-0.39, 0.29) is 0 Å². The van der Waals surface area contributed by atoms with E-state index in [1.54, 1.807) is 0 Å². The maximum absolute atomic E-state index is 4.13. The Morgan fingerprint density at radius 1 is 1.36 bits per heavy atom. The maximum Gasteiger partial charge on any atom is 0.160 e. The first-order valence-electron chi connectivity index (χ1n) is 3.31. The molecule has 0 aliphatic heterocycles. The Labute approximate surface area is 69.5 Å². The van der Waals surface area contributed by atoms with Crippen molar-refractivity contribution >= 4 is 18.3 Å². The molecule has 0 atom stereocenters. The van der Waals surface area contributed by atoms with Gasteiger partial charge in [-0.05, 0) is 12.1 Å². The summed E-state index contributed by atoms with van der Waals surface area (Å²) in [6.45, 7) is 0. The summed E-state index contributed by atoms with van der Waals surface area (Å²) in [4.78, 5) is 0. The van der Waals surface area contributed by atoms with Gasteiger partial charge in [-0.25, -0.2) is 0 Å². The maximum atomic E-state index is 4.13. The molecule has 0 aromatic carbocycles. The first kappa shape index (κ1) is 6.67. The molecule has 0 saturated heterocycles. The molecule has 2 heterocycles. The lowest BCUT2D eigenvalue weighted by Crippen LogP contribution is -1.88. The van der Waals surface area contributed by atoms with Crippen molar-refractivity contribution < 1.29 is 0 Å². The fourth-order valence-electron chi connectivity index (χ4n) is 0.999. The number of thiol groups is 1. The van der Waals surface area contributed by atoms with Crippen LogP contribution in [0.15, 0.2) is 24.4 Å².